The van der Waals surface area contributed by atoms with E-state index in [1.165, 1.54) is 6.26 Å². The molecule has 0 bridgehead atoms. The maximum Gasteiger partial charge on any atom is 0.176 e. The maximum absolute atomic E-state index is 11.2. The molecule has 1 atom stereocenters. The second-order valence-electron chi connectivity index (χ2n) is 6.70. The van der Waals surface area contributed by atoms with E-state index < -0.39 is 11.1 Å². The number of aliphatic hydroxyl groups is 1. The van der Waals surface area contributed by atoms with Gasteiger partial charge in [-0.3, -0.25) is 5.48 Å². The van der Waals surface area contributed by atoms with Crippen molar-refractivity contribution in [2.24, 2.45) is 0 Å². The third-order valence-corrected chi connectivity index (χ3v) is 4.94. The van der Waals surface area contributed by atoms with E-state index in [-0.39, 0.29) is 6.61 Å². The third kappa shape index (κ3) is 4.18. The van der Waals surface area contributed by atoms with Crippen molar-refractivity contribution in [3.8, 4) is 11.1 Å². The van der Waals surface area contributed by atoms with Crippen LogP contribution in [0.3, 0.4) is 0 Å². The zero-order valence-corrected chi connectivity index (χ0v) is 17.3. The Balaban J connectivity index is 1.66. The number of fused-ring (bicyclic) bond motifs is 1. The van der Waals surface area contributed by atoms with Gasteiger partial charge in [0.25, 0.3) is 0 Å². The van der Waals surface area contributed by atoms with E-state index >= 15 is 0 Å². The molecule has 0 saturated carbocycles. The molecule has 0 aliphatic carbocycles. The molecule has 2 aromatic carbocycles. The van der Waals surface area contributed by atoms with Crippen LogP contribution in [-0.2, 0) is 22.0 Å². The molecule has 3 N–H and O–H groups in total. The van der Waals surface area contributed by atoms with Crippen molar-refractivity contribution >= 4 is 33.9 Å². The van der Waals surface area contributed by atoms with Crippen LogP contribution < -0.4 is 10.8 Å². The quantitative estimate of drug-likeness (QED) is 0.391. The third-order valence-electron chi connectivity index (χ3n) is 4.63. The van der Waals surface area contributed by atoms with Crippen LogP contribution in [0.2, 0.25) is 0 Å². The van der Waals surface area contributed by atoms with Gasteiger partial charge in [0.15, 0.2) is 16.7 Å². The molecule has 0 aliphatic rings. The summed E-state index contributed by atoms with van der Waals surface area (Å²) in [4.78, 5) is 4.72. The summed E-state index contributed by atoms with van der Waals surface area (Å²) in [5.74, 6) is 0.639. The minimum Gasteiger partial charge on any atom is -0.392 e. The predicted molar refractivity (Wildman–Crippen MR) is 118 cm³/mol. The summed E-state index contributed by atoms with van der Waals surface area (Å²) >= 11 is -1.43. The number of rotatable bonds is 7. The number of benzene rings is 2. The number of aryl methyl sites for hydroxylation is 1. The molecular formula is C21H21N5O3S. The van der Waals surface area contributed by atoms with E-state index in [1.807, 2.05) is 61.7 Å². The van der Waals surface area contributed by atoms with Gasteiger partial charge in [0.1, 0.15) is 5.82 Å². The smallest absolute Gasteiger partial charge is 0.176 e. The van der Waals surface area contributed by atoms with E-state index in [4.69, 9.17) is 9.27 Å². The van der Waals surface area contributed by atoms with Crippen LogP contribution >= 0.6 is 0 Å². The Morgan fingerprint density at radius 2 is 2.00 bits per heavy atom. The van der Waals surface area contributed by atoms with Crippen molar-refractivity contribution in [3.63, 3.8) is 0 Å². The van der Waals surface area contributed by atoms with Gasteiger partial charge in [0.05, 0.1) is 18.5 Å². The Kier molecular flexibility index (Phi) is 5.75. The number of nitrogens with one attached hydrogen (secondary N) is 2. The van der Waals surface area contributed by atoms with Crippen molar-refractivity contribution in [2.45, 2.75) is 13.5 Å². The van der Waals surface area contributed by atoms with Crippen molar-refractivity contribution in [1.29, 1.82) is 0 Å². The molecule has 154 valence electrons. The Morgan fingerprint density at radius 1 is 1.17 bits per heavy atom. The molecule has 4 rings (SSSR count). The summed E-state index contributed by atoms with van der Waals surface area (Å²) < 4.78 is 17.9. The first kappa shape index (κ1) is 20.0. The van der Waals surface area contributed by atoms with Crippen LogP contribution in [0.1, 0.15) is 11.1 Å². The Hall–Kier alpha value is -3.27. The lowest BCUT2D eigenvalue weighted by molar-refractivity contribution is 0.282. The zero-order valence-electron chi connectivity index (χ0n) is 16.5. The molecule has 2 heterocycles. The summed E-state index contributed by atoms with van der Waals surface area (Å²) in [5.41, 5.74) is 8.39. The normalized spacial score (nSPS) is 12.1. The van der Waals surface area contributed by atoms with Gasteiger partial charge in [-0.25, -0.2) is 13.7 Å². The highest BCUT2D eigenvalue weighted by Gasteiger charge is 2.12. The average Bonchev–Trinajstić information content (AvgIpc) is 3.17. The molecule has 4 aromatic rings. The zero-order chi connectivity index (χ0) is 21.1. The van der Waals surface area contributed by atoms with Gasteiger partial charge in [-0.1, -0.05) is 30.3 Å². The first-order valence-corrected chi connectivity index (χ1v) is 10.7. The van der Waals surface area contributed by atoms with Gasteiger partial charge in [-0.2, -0.15) is 9.38 Å². The molecule has 0 radical (unpaired) electrons. The molecule has 8 nitrogen and oxygen atoms in total. The summed E-state index contributed by atoms with van der Waals surface area (Å²) in [6.07, 6.45) is 5.02. The van der Waals surface area contributed by atoms with E-state index in [9.17, 15) is 9.32 Å². The minimum atomic E-state index is -1.43. The lowest BCUT2D eigenvalue weighted by Crippen LogP contribution is -2.05. The van der Waals surface area contributed by atoms with Crippen LogP contribution in [0.5, 0.6) is 0 Å². The Labute approximate surface area is 176 Å². The largest absolute Gasteiger partial charge is 0.392 e. The van der Waals surface area contributed by atoms with E-state index in [2.05, 4.69) is 15.9 Å². The monoisotopic (exact) mass is 423 g/mol. The highest BCUT2D eigenvalue weighted by Crippen LogP contribution is 2.28. The number of nitrogens with zero attached hydrogens (tertiary/aromatic N) is 3. The lowest BCUT2D eigenvalue weighted by atomic mass is 10.0. The lowest BCUT2D eigenvalue weighted by Gasteiger charge is -2.12. The first-order valence-electron chi connectivity index (χ1n) is 9.23. The average molecular weight is 423 g/mol. The Bertz CT molecular complexity index is 1220. The van der Waals surface area contributed by atoms with Crippen LogP contribution in [0, 0.1) is 6.92 Å². The molecule has 30 heavy (non-hydrogen) atoms. The molecule has 0 fully saturated rings. The molecule has 9 heteroatoms. The summed E-state index contributed by atoms with van der Waals surface area (Å²) in [6.45, 7) is 1.87. The van der Waals surface area contributed by atoms with Crippen molar-refractivity contribution in [3.05, 3.63) is 72.1 Å². The first-order chi connectivity index (χ1) is 14.5. The molecule has 1 unspecified atom stereocenters. The second-order valence-corrected chi connectivity index (χ2v) is 7.67. The Morgan fingerprint density at radius 3 is 2.80 bits per heavy atom. The second kappa shape index (κ2) is 8.62. The molecule has 2 aromatic heterocycles. The molecule has 0 saturated heterocycles. The topological polar surface area (TPSA) is 101 Å². The summed E-state index contributed by atoms with van der Waals surface area (Å²) in [5, 5.41) is 17.3. The highest BCUT2D eigenvalue weighted by atomic mass is 32.2. The standard InChI is InChI=1S/C21H21N5O3S/c1-14-7-8-16(11-19(14)25-29-30(2)28)23-20-9-10-26-21(24-20)18(12-22-26)17-6-4-3-5-15(17)13-27/h3-12,25,27H,13H2,1-2H3,(H,23,24). The van der Waals surface area contributed by atoms with Crippen molar-refractivity contribution < 1.29 is 13.6 Å². The van der Waals surface area contributed by atoms with Crippen LogP contribution in [-0.4, -0.2) is 30.2 Å². The molecule has 0 aliphatic heterocycles. The molecular weight excluding hydrogens is 402 g/mol. The number of aliphatic hydroxyl groups excluding tert-OH is 1. The van der Waals surface area contributed by atoms with Gasteiger partial charge < -0.3 is 10.4 Å². The van der Waals surface area contributed by atoms with Gasteiger partial charge in [0.2, 0.25) is 0 Å². The van der Waals surface area contributed by atoms with Crippen molar-refractivity contribution in [2.75, 3.05) is 17.1 Å². The van der Waals surface area contributed by atoms with Crippen LogP contribution in [0.15, 0.2) is 60.9 Å². The number of hydrogen-bond acceptors (Lipinski definition) is 7. The van der Waals surface area contributed by atoms with Gasteiger partial charge in [-0.15, -0.1) is 0 Å². The van der Waals surface area contributed by atoms with Gasteiger partial charge >= 0.3 is 0 Å². The maximum atomic E-state index is 11.2. The van der Waals surface area contributed by atoms with Crippen LogP contribution in [0.4, 0.5) is 17.2 Å². The fourth-order valence-electron chi connectivity index (χ4n) is 3.11. The predicted octanol–water partition coefficient (Wildman–Crippen LogP) is 3.58. The van der Waals surface area contributed by atoms with Gasteiger partial charge in [0, 0.05) is 23.7 Å². The molecule has 0 amide bonds. The minimum absolute atomic E-state index is 0.0603. The van der Waals surface area contributed by atoms with Gasteiger partial charge in [-0.05, 0) is 41.8 Å². The fourth-order valence-corrected chi connectivity index (χ4v) is 3.32. The fraction of sp³-hybridized carbons (Fsp3) is 0.143. The summed E-state index contributed by atoms with van der Waals surface area (Å²) in [7, 11) is 0. The molecule has 0 spiro atoms. The summed E-state index contributed by atoms with van der Waals surface area (Å²) in [6, 6.07) is 15.2. The van der Waals surface area contributed by atoms with Crippen LogP contribution in [0.25, 0.3) is 16.8 Å². The SMILES string of the molecule is Cc1ccc(Nc2ccn3ncc(-c4ccccc4CO)c3n2)cc1NOS(C)=O. The van der Waals surface area contributed by atoms with E-state index in [0.717, 1.165) is 27.9 Å². The number of aromatic nitrogens is 3. The highest BCUT2D eigenvalue weighted by molar-refractivity contribution is 7.79. The van der Waals surface area contributed by atoms with E-state index in [0.29, 0.717) is 17.2 Å². The van der Waals surface area contributed by atoms with Crippen molar-refractivity contribution in [1.82, 2.24) is 14.6 Å². The number of anilines is 3. The number of hydrogen-bond donors (Lipinski definition) is 3. The van der Waals surface area contributed by atoms with E-state index in [1.54, 1.807) is 10.7 Å².